The summed E-state index contributed by atoms with van der Waals surface area (Å²) in [5.41, 5.74) is 0.0966. The van der Waals surface area contributed by atoms with Crippen LogP contribution in [-0.4, -0.2) is 60.9 Å². The Labute approximate surface area is 188 Å². The van der Waals surface area contributed by atoms with Crippen LogP contribution >= 0.6 is 0 Å². The Hall–Kier alpha value is -2.67. The van der Waals surface area contributed by atoms with Gasteiger partial charge in [-0.15, -0.1) is 0 Å². The highest BCUT2D eigenvalue weighted by molar-refractivity contribution is 7.89. The van der Waals surface area contributed by atoms with Crippen molar-refractivity contribution in [3.8, 4) is 11.5 Å². The average Bonchev–Trinajstić information content (AvgIpc) is 2.72. The summed E-state index contributed by atoms with van der Waals surface area (Å²) in [6.07, 6.45) is 0. The van der Waals surface area contributed by atoms with E-state index in [0.717, 1.165) is 4.31 Å². The van der Waals surface area contributed by atoms with Crippen LogP contribution in [0.3, 0.4) is 0 Å². The van der Waals surface area contributed by atoms with Crippen LogP contribution in [-0.2, 0) is 24.8 Å². The van der Waals surface area contributed by atoms with E-state index in [1.165, 1.54) is 63.7 Å². The quantitative estimate of drug-likeness (QED) is 0.523. The fourth-order valence-electron chi connectivity index (χ4n) is 2.73. The second-order valence-corrected chi connectivity index (χ2v) is 10.9. The van der Waals surface area contributed by atoms with E-state index in [1.54, 1.807) is 13.8 Å². The summed E-state index contributed by atoms with van der Waals surface area (Å²) >= 11 is 0. The lowest BCUT2D eigenvalue weighted by molar-refractivity contribution is -0.116. The van der Waals surface area contributed by atoms with Crippen LogP contribution in [0.25, 0.3) is 0 Å². The zero-order valence-electron chi connectivity index (χ0n) is 18.4. The molecule has 0 radical (unpaired) electrons. The Balaban J connectivity index is 2.21. The summed E-state index contributed by atoms with van der Waals surface area (Å²) in [5, 5.41) is 2.52. The predicted octanol–water partition coefficient (Wildman–Crippen LogP) is 1.65. The summed E-state index contributed by atoms with van der Waals surface area (Å²) in [6.45, 7) is 2.87. The van der Waals surface area contributed by atoms with Gasteiger partial charge >= 0.3 is 0 Å². The number of likely N-dealkylation sites (N-methyl/N-ethyl adjacent to an activating group) is 1. The number of nitrogens with zero attached hydrogens (tertiary/aromatic N) is 1. The summed E-state index contributed by atoms with van der Waals surface area (Å²) < 4.78 is 63.9. The Morgan fingerprint density at radius 1 is 0.969 bits per heavy atom. The standard InChI is InChI=1S/C20H27N3O7S2/c1-14(2)22-31(25,26)17-10-11-19(30-5)18(12-17)21-20(24)13-23(3)32(27,28)16-8-6-15(29-4)7-9-16/h6-12,14,22H,13H2,1-5H3,(H,21,24). The van der Waals surface area contributed by atoms with Crippen LogP contribution < -0.4 is 19.5 Å². The molecule has 10 nitrogen and oxygen atoms in total. The highest BCUT2D eigenvalue weighted by atomic mass is 32.2. The van der Waals surface area contributed by atoms with Crippen LogP contribution in [0, 0.1) is 0 Å². The Kier molecular flexibility index (Phi) is 8.24. The predicted molar refractivity (Wildman–Crippen MR) is 120 cm³/mol. The molecule has 0 aliphatic heterocycles. The number of rotatable bonds is 10. The van der Waals surface area contributed by atoms with Crippen LogP contribution in [0.4, 0.5) is 5.69 Å². The third-order valence-electron chi connectivity index (χ3n) is 4.28. The minimum Gasteiger partial charge on any atom is -0.497 e. The van der Waals surface area contributed by atoms with Crippen molar-refractivity contribution in [3.05, 3.63) is 42.5 Å². The smallest absolute Gasteiger partial charge is 0.243 e. The molecule has 0 unspecified atom stereocenters. The Morgan fingerprint density at radius 2 is 1.56 bits per heavy atom. The average molecular weight is 486 g/mol. The van der Waals surface area contributed by atoms with Gasteiger partial charge < -0.3 is 14.8 Å². The molecule has 0 heterocycles. The van der Waals surface area contributed by atoms with E-state index in [0.29, 0.717) is 5.75 Å². The van der Waals surface area contributed by atoms with Gasteiger partial charge in [-0.2, -0.15) is 4.31 Å². The van der Waals surface area contributed by atoms with Gasteiger partial charge in [0.2, 0.25) is 26.0 Å². The molecule has 0 saturated heterocycles. The van der Waals surface area contributed by atoms with Gasteiger partial charge in [0.25, 0.3) is 0 Å². The molecular weight excluding hydrogens is 458 g/mol. The molecule has 32 heavy (non-hydrogen) atoms. The van der Waals surface area contributed by atoms with Crippen molar-refractivity contribution in [1.29, 1.82) is 0 Å². The number of ether oxygens (including phenoxy) is 2. The number of hydrogen-bond acceptors (Lipinski definition) is 7. The van der Waals surface area contributed by atoms with Gasteiger partial charge in [-0.3, -0.25) is 4.79 Å². The summed E-state index contributed by atoms with van der Waals surface area (Å²) in [4.78, 5) is 12.5. The van der Waals surface area contributed by atoms with Gasteiger partial charge in [0.15, 0.2) is 0 Å². The molecule has 0 fully saturated rings. The first kappa shape index (κ1) is 25.6. The van der Waals surface area contributed by atoms with Gasteiger partial charge in [-0.25, -0.2) is 21.6 Å². The zero-order valence-corrected chi connectivity index (χ0v) is 20.1. The summed E-state index contributed by atoms with van der Waals surface area (Å²) in [7, 11) is -3.64. The number of hydrogen-bond donors (Lipinski definition) is 2. The molecule has 0 aromatic heterocycles. The van der Waals surface area contributed by atoms with Crippen LogP contribution in [0.2, 0.25) is 0 Å². The highest BCUT2D eigenvalue weighted by Crippen LogP contribution is 2.28. The van der Waals surface area contributed by atoms with E-state index < -0.39 is 32.5 Å². The molecule has 0 atom stereocenters. The number of carbonyl (C=O) groups is 1. The number of methoxy groups -OCH3 is 2. The first-order chi connectivity index (χ1) is 14.9. The molecule has 1 amide bonds. The zero-order chi connectivity index (χ0) is 24.1. The van der Waals surface area contributed by atoms with Crippen LogP contribution in [0.1, 0.15) is 13.8 Å². The van der Waals surface area contributed by atoms with Crippen molar-refractivity contribution in [1.82, 2.24) is 9.03 Å². The van der Waals surface area contributed by atoms with Gasteiger partial charge in [0.1, 0.15) is 11.5 Å². The normalized spacial score (nSPS) is 12.1. The molecule has 2 aromatic carbocycles. The molecule has 0 saturated carbocycles. The lowest BCUT2D eigenvalue weighted by Gasteiger charge is -2.18. The third-order valence-corrected chi connectivity index (χ3v) is 7.75. The van der Waals surface area contributed by atoms with Crippen LogP contribution in [0.15, 0.2) is 52.3 Å². The van der Waals surface area contributed by atoms with Crippen molar-refractivity contribution in [2.45, 2.75) is 29.7 Å². The minimum absolute atomic E-state index is 0.000897. The van der Waals surface area contributed by atoms with E-state index in [2.05, 4.69) is 10.0 Å². The molecule has 12 heteroatoms. The van der Waals surface area contributed by atoms with Gasteiger partial charge in [0, 0.05) is 13.1 Å². The SMILES string of the molecule is COc1ccc(S(=O)(=O)N(C)CC(=O)Nc2cc(S(=O)(=O)NC(C)C)ccc2OC)cc1. The number of anilines is 1. The number of amides is 1. The number of carbonyl (C=O) groups excluding carboxylic acids is 1. The van der Waals surface area contributed by atoms with E-state index in [-0.39, 0.29) is 27.3 Å². The fourth-order valence-corrected chi connectivity index (χ4v) is 5.14. The maximum Gasteiger partial charge on any atom is 0.243 e. The lowest BCUT2D eigenvalue weighted by Crippen LogP contribution is -2.35. The fraction of sp³-hybridized carbons (Fsp3) is 0.350. The number of benzene rings is 2. The van der Waals surface area contributed by atoms with Gasteiger partial charge in [0.05, 0.1) is 36.2 Å². The first-order valence-electron chi connectivity index (χ1n) is 9.51. The molecule has 2 aromatic rings. The van der Waals surface area contributed by atoms with Gasteiger partial charge in [-0.1, -0.05) is 0 Å². The molecule has 0 bridgehead atoms. The van der Waals surface area contributed by atoms with Crippen LogP contribution in [0.5, 0.6) is 11.5 Å². The summed E-state index contributed by atoms with van der Waals surface area (Å²) in [6, 6.07) is 9.44. The molecule has 2 N–H and O–H groups in total. The van der Waals surface area contributed by atoms with Gasteiger partial charge in [-0.05, 0) is 56.3 Å². The maximum absolute atomic E-state index is 12.7. The number of nitrogens with one attached hydrogen (secondary N) is 2. The second-order valence-electron chi connectivity index (χ2n) is 7.12. The Morgan fingerprint density at radius 3 is 2.09 bits per heavy atom. The Bertz CT molecular complexity index is 1160. The first-order valence-corrected chi connectivity index (χ1v) is 12.4. The molecule has 0 aliphatic carbocycles. The topological polar surface area (TPSA) is 131 Å². The monoisotopic (exact) mass is 485 g/mol. The van der Waals surface area contributed by atoms with Crippen molar-refractivity contribution < 1.29 is 31.1 Å². The molecule has 176 valence electrons. The van der Waals surface area contributed by atoms with Crippen molar-refractivity contribution in [2.24, 2.45) is 0 Å². The second kappa shape index (κ2) is 10.3. The van der Waals surface area contributed by atoms with E-state index in [1.807, 2.05) is 0 Å². The van der Waals surface area contributed by atoms with E-state index in [4.69, 9.17) is 9.47 Å². The highest BCUT2D eigenvalue weighted by Gasteiger charge is 2.24. The minimum atomic E-state index is -3.93. The van der Waals surface area contributed by atoms with E-state index >= 15 is 0 Å². The van der Waals surface area contributed by atoms with Crippen molar-refractivity contribution in [2.75, 3.05) is 33.1 Å². The van der Waals surface area contributed by atoms with Crippen molar-refractivity contribution >= 4 is 31.6 Å². The maximum atomic E-state index is 12.7. The van der Waals surface area contributed by atoms with Crippen molar-refractivity contribution in [3.63, 3.8) is 0 Å². The molecule has 0 aliphatic rings. The molecule has 0 spiro atoms. The molecular formula is C20H27N3O7S2. The molecule has 2 rings (SSSR count). The largest absolute Gasteiger partial charge is 0.497 e. The number of sulfonamides is 2. The third kappa shape index (κ3) is 6.19. The summed E-state index contributed by atoms with van der Waals surface area (Å²) in [5.74, 6) is 0.0509. The van der Waals surface area contributed by atoms with E-state index in [9.17, 15) is 21.6 Å². The lowest BCUT2D eigenvalue weighted by atomic mass is 10.3.